The van der Waals surface area contributed by atoms with Crippen molar-refractivity contribution in [2.24, 2.45) is 0 Å². The van der Waals surface area contributed by atoms with Crippen LogP contribution < -0.4 is 10.1 Å². The molecule has 5 nitrogen and oxygen atoms in total. The van der Waals surface area contributed by atoms with Gasteiger partial charge in [0.25, 0.3) is 0 Å². The number of hydrogen-bond donors (Lipinski definition) is 1. The van der Waals surface area contributed by atoms with Gasteiger partial charge >= 0.3 is 5.97 Å². The van der Waals surface area contributed by atoms with Gasteiger partial charge in [-0.05, 0) is 24.6 Å². The number of nitrogens with one attached hydrogen (secondary N) is 1. The third kappa shape index (κ3) is 5.08. The lowest BCUT2D eigenvalue weighted by Gasteiger charge is -2.10. The highest BCUT2D eigenvalue weighted by Gasteiger charge is 2.08. The van der Waals surface area contributed by atoms with Crippen molar-refractivity contribution in [3.8, 4) is 17.0 Å². The highest BCUT2D eigenvalue weighted by atomic mass is 16.5. The van der Waals surface area contributed by atoms with Gasteiger partial charge in [-0.15, -0.1) is 0 Å². The molecule has 0 aliphatic heterocycles. The molecule has 148 valence electrons. The molecule has 4 aromatic rings. The molecule has 0 fully saturated rings. The van der Waals surface area contributed by atoms with Crippen LogP contribution in [0.3, 0.4) is 0 Å². The van der Waals surface area contributed by atoms with Crippen LogP contribution in [0.25, 0.3) is 11.3 Å². The van der Waals surface area contributed by atoms with Crippen molar-refractivity contribution >= 4 is 17.5 Å². The molecule has 0 unspecified atom stereocenters. The standard InChI is InChI=1S/C25H21N3O2/c1-18-26-23(20-11-6-3-7-12-20)17-24(27-18)28-21-13-8-14-22(16-21)30-25(29)15-19-9-4-2-5-10-19/h2-14,16-17H,15H2,1H3,(H,26,27,28). The van der Waals surface area contributed by atoms with E-state index in [2.05, 4.69) is 15.3 Å². The minimum absolute atomic E-state index is 0.226. The van der Waals surface area contributed by atoms with E-state index in [4.69, 9.17) is 4.74 Å². The molecule has 0 spiro atoms. The first kappa shape index (κ1) is 19.3. The van der Waals surface area contributed by atoms with Gasteiger partial charge in [-0.1, -0.05) is 66.7 Å². The number of rotatable bonds is 6. The normalized spacial score (nSPS) is 10.4. The number of anilines is 2. The first-order valence-electron chi connectivity index (χ1n) is 9.68. The van der Waals surface area contributed by atoms with Gasteiger partial charge in [0.2, 0.25) is 0 Å². The molecule has 0 atom stereocenters. The zero-order valence-electron chi connectivity index (χ0n) is 16.6. The highest BCUT2D eigenvalue weighted by molar-refractivity contribution is 5.75. The summed E-state index contributed by atoms with van der Waals surface area (Å²) in [6, 6.07) is 28.7. The summed E-state index contributed by atoms with van der Waals surface area (Å²) in [6.07, 6.45) is 0.226. The van der Waals surface area contributed by atoms with Crippen molar-refractivity contribution in [1.82, 2.24) is 9.97 Å². The predicted molar refractivity (Wildman–Crippen MR) is 118 cm³/mol. The predicted octanol–water partition coefficient (Wildman–Crippen LogP) is 5.34. The molecule has 4 rings (SSSR count). The second-order valence-electron chi connectivity index (χ2n) is 6.84. The molecular weight excluding hydrogens is 374 g/mol. The Balaban J connectivity index is 1.48. The Bertz CT molecular complexity index is 1150. The number of ether oxygens (including phenoxy) is 1. The maximum Gasteiger partial charge on any atom is 0.315 e. The molecule has 0 aliphatic carbocycles. The number of hydrogen-bond acceptors (Lipinski definition) is 5. The average molecular weight is 395 g/mol. The largest absolute Gasteiger partial charge is 0.426 e. The fraction of sp³-hybridized carbons (Fsp3) is 0.0800. The third-order valence-electron chi connectivity index (χ3n) is 4.44. The number of aromatic nitrogens is 2. The number of carbonyl (C=O) groups is 1. The second kappa shape index (κ2) is 9.01. The topological polar surface area (TPSA) is 64.1 Å². The summed E-state index contributed by atoms with van der Waals surface area (Å²) in [6.45, 7) is 1.86. The molecule has 0 amide bonds. The molecular formula is C25H21N3O2. The molecule has 0 bridgehead atoms. The van der Waals surface area contributed by atoms with E-state index < -0.39 is 0 Å². The maximum atomic E-state index is 12.2. The number of benzene rings is 3. The second-order valence-corrected chi connectivity index (χ2v) is 6.84. The molecule has 0 saturated heterocycles. The van der Waals surface area contributed by atoms with E-state index in [1.807, 2.05) is 85.8 Å². The lowest BCUT2D eigenvalue weighted by atomic mass is 10.1. The van der Waals surface area contributed by atoms with Gasteiger partial charge in [0.1, 0.15) is 17.4 Å². The number of esters is 1. The van der Waals surface area contributed by atoms with Crippen molar-refractivity contribution in [3.63, 3.8) is 0 Å². The van der Waals surface area contributed by atoms with Crippen LogP contribution in [0.4, 0.5) is 11.5 Å². The molecule has 30 heavy (non-hydrogen) atoms. The molecule has 3 aromatic carbocycles. The van der Waals surface area contributed by atoms with Crippen LogP contribution >= 0.6 is 0 Å². The Kier molecular flexibility index (Phi) is 5.80. The van der Waals surface area contributed by atoms with E-state index >= 15 is 0 Å². The number of nitrogens with zero attached hydrogens (tertiary/aromatic N) is 2. The van der Waals surface area contributed by atoms with E-state index in [-0.39, 0.29) is 12.4 Å². The Morgan fingerprint density at radius 1 is 0.867 bits per heavy atom. The first-order chi connectivity index (χ1) is 14.7. The van der Waals surface area contributed by atoms with E-state index in [0.29, 0.717) is 17.4 Å². The van der Waals surface area contributed by atoms with E-state index in [1.54, 1.807) is 12.1 Å². The van der Waals surface area contributed by atoms with E-state index in [9.17, 15) is 4.79 Å². The molecule has 0 aliphatic rings. The average Bonchev–Trinajstić information content (AvgIpc) is 2.75. The van der Waals surface area contributed by atoms with Crippen molar-refractivity contribution in [2.45, 2.75) is 13.3 Å². The summed E-state index contributed by atoms with van der Waals surface area (Å²) >= 11 is 0. The summed E-state index contributed by atoms with van der Waals surface area (Å²) in [4.78, 5) is 21.2. The van der Waals surface area contributed by atoms with Crippen LogP contribution in [-0.4, -0.2) is 15.9 Å². The van der Waals surface area contributed by atoms with Gasteiger partial charge in [0.15, 0.2) is 0 Å². The van der Waals surface area contributed by atoms with Gasteiger partial charge in [-0.25, -0.2) is 9.97 Å². The Morgan fingerprint density at radius 2 is 1.60 bits per heavy atom. The minimum Gasteiger partial charge on any atom is -0.426 e. The molecule has 0 radical (unpaired) electrons. The Hall–Kier alpha value is -3.99. The lowest BCUT2D eigenvalue weighted by Crippen LogP contribution is -2.11. The van der Waals surface area contributed by atoms with Crippen molar-refractivity contribution in [1.29, 1.82) is 0 Å². The fourth-order valence-corrected chi connectivity index (χ4v) is 3.10. The van der Waals surface area contributed by atoms with Crippen molar-refractivity contribution < 1.29 is 9.53 Å². The van der Waals surface area contributed by atoms with Gasteiger partial charge in [-0.2, -0.15) is 0 Å². The van der Waals surface area contributed by atoms with Gasteiger partial charge in [0, 0.05) is 23.4 Å². The van der Waals surface area contributed by atoms with Crippen LogP contribution in [-0.2, 0) is 11.2 Å². The number of aryl methyl sites for hydroxylation is 1. The van der Waals surface area contributed by atoms with Crippen LogP contribution in [0, 0.1) is 6.92 Å². The molecule has 5 heteroatoms. The van der Waals surface area contributed by atoms with Crippen molar-refractivity contribution in [3.05, 3.63) is 102 Å². The third-order valence-corrected chi connectivity index (χ3v) is 4.44. The van der Waals surface area contributed by atoms with E-state index in [0.717, 1.165) is 22.5 Å². The Labute approximate surface area is 175 Å². The highest BCUT2D eigenvalue weighted by Crippen LogP contribution is 2.24. The quantitative estimate of drug-likeness (QED) is 0.352. The monoisotopic (exact) mass is 395 g/mol. The van der Waals surface area contributed by atoms with Crippen LogP contribution in [0.5, 0.6) is 5.75 Å². The summed E-state index contributed by atoms with van der Waals surface area (Å²) in [5.41, 5.74) is 3.56. The smallest absolute Gasteiger partial charge is 0.315 e. The molecule has 1 heterocycles. The first-order valence-corrected chi connectivity index (χ1v) is 9.68. The fourth-order valence-electron chi connectivity index (χ4n) is 3.10. The molecule has 1 aromatic heterocycles. The van der Waals surface area contributed by atoms with E-state index in [1.165, 1.54) is 0 Å². The summed E-state index contributed by atoms with van der Waals surface area (Å²) < 4.78 is 5.50. The zero-order valence-corrected chi connectivity index (χ0v) is 16.6. The summed E-state index contributed by atoms with van der Waals surface area (Å²) in [5.74, 6) is 1.52. The Morgan fingerprint density at radius 3 is 2.37 bits per heavy atom. The van der Waals surface area contributed by atoms with Gasteiger partial charge < -0.3 is 10.1 Å². The minimum atomic E-state index is -0.303. The number of carbonyl (C=O) groups excluding carboxylic acids is 1. The molecule has 1 N–H and O–H groups in total. The van der Waals surface area contributed by atoms with Gasteiger partial charge in [0.05, 0.1) is 12.1 Å². The SMILES string of the molecule is Cc1nc(Nc2cccc(OC(=O)Cc3ccccc3)c2)cc(-c2ccccc2)n1. The lowest BCUT2D eigenvalue weighted by molar-refractivity contribution is -0.133. The summed E-state index contributed by atoms with van der Waals surface area (Å²) in [5, 5.41) is 3.28. The summed E-state index contributed by atoms with van der Waals surface area (Å²) in [7, 11) is 0. The van der Waals surface area contributed by atoms with Crippen molar-refractivity contribution in [2.75, 3.05) is 5.32 Å². The van der Waals surface area contributed by atoms with Gasteiger partial charge in [-0.3, -0.25) is 4.79 Å². The van der Waals surface area contributed by atoms with Crippen LogP contribution in [0.15, 0.2) is 91.0 Å². The maximum absolute atomic E-state index is 12.2. The zero-order chi connectivity index (χ0) is 20.8. The molecule has 0 saturated carbocycles. The van der Waals surface area contributed by atoms with Crippen LogP contribution in [0.1, 0.15) is 11.4 Å². The van der Waals surface area contributed by atoms with Crippen LogP contribution in [0.2, 0.25) is 0 Å².